The molecule has 0 aromatic heterocycles. The van der Waals surface area contributed by atoms with Gasteiger partial charge in [0.1, 0.15) is 0 Å². The average molecular weight is 246 g/mol. The molecular formula is C12H22O5. The van der Waals surface area contributed by atoms with Gasteiger partial charge in [0.2, 0.25) is 0 Å². The van der Waals surface area contributed by atoms with Crippen molar-refractivity contribution in [3.8, 4) is 0 Å². The summed E-state index contributed by atoms with van der Waals surface area (Å²) in [6.45, 7) is 6.35. The quantitative estimate of drug-likeness (QED) is 0.616. The van der Waals surface area contributed by atoms with Crippen LogP contribution >= 0.6 is 0 Å². The Bertz CT molecular complexity index is 227. The van der Waals surface area contributed by atoms with E-state index in [1.807, 2.05) is 6.92 Å². The minimum atomic E-state index is -0.683. The first-order valence-electron chi connectivity index (χ1n) is 6.09. The summed E-state index contributed by atoms with van der Waals surface area (Å²) >= 11 is 0. The maximum absolute atomic E-state index is 11.3. The third-order valence-electron chi connectivity index (χ3n) is 2.16. The van der Waals surface area contributed by atoms with Crippen molar-refractivity contribution in [3.05, 3.63) is 0 Å². The molecule has 0 radical (unpaired) electrons. The Labute approximate surface area is 102 Å². The van der Waals surface area contributed by atoms with Gasteiger partial charge in [0, 0.05) is 5.92 Å². The van der Waals surface area contributed by atoms with Gasteiger partial charge in [-0.15, -0.1) is 0 Å². The van der Waals surface area contributed by atoms with Crippen molar-refractivity contribution >= 4 is 12.1 Å². The van der Waals surface area contributed by atoms with E-state index in [0.29, 0.717) is 6.61 Å². The number of hydrogen-bond acceptors (Lipinski definition) is 5. The molecule has 0 amide bonds. The Morgan fingerprint density at radius 3 is 2.18 bits per heavy atom. The van der Waals surface area contributed by atoms with Gasteiger partial charge < -0.3 is 14.2 Å². The van der Waals surface area contributed by atoms with Crippen LogP contribution in [0.25, 0.3) is 0 Å². The minimum Gasteiger partial charge on any atom is -0.466 e. The van der Waals surface area contributed by atoms with Gasteiger partial charge in [-0.3, -0.25) is 4.79 Å². The Morgan fingerprint density at radius 1 is 1.00 bits per heavy atom. The summed E-state index contributed by atoms with van der Waals surface area (Å²) in [6.07, 6.45) is 1.34. The zero-order valence-electron chi connectivity index (χ0n) is 10.9. The van der Waals surface area contributed by atoms with Crippen molar-refractivity contribution in [3.63, 3.8) is 0 Å². The maximum Gasteiger partial charge on any atom is 0.508 e. The number of ether oxygens (including phenoxy) is 3. The van der Waals surface area contributed by atoms with Crippen molar-refractivity contribution in [2.45, 2.75) is 40.0 Å². The molecule has 100 valence electrons. The number of carbonyl (C=O) groups excluding carboxylic acids is 2. The third-order valence-corrected chi connectivity index (χ3v) is 2.16. The van der Waals surface area contributed by atoms with Crippen molar-refractivity contribution in [2.24, 2.45) is 5.92 Å². The lowest BCUT2D eigenvalue weighted by atomic mass is 10.0. The van der Waals surface area contributed by atoms with Crippen LogP contribution in [0.2, 0.25) is 0 Å². The van der Waals surface area contributed by atoms with Gasteiger partial charge in [0.25, 0.3) is 0 Å². The van der Waals surface area contributed by atoms with Crippen LogP contribution in [0, 0.1) is 5.92 Å². The van der Waals surface area contributed by atoms with Crippen LogP contribution in [-0.4, -0.2) is 31.9 Å². The fourth-order valence-corrected chi connectivity index (χ4v) is 1.45. The second-order valence-corrected chi connectivity index (χ2v) is 3.66. The summed E-state index contributed by atoms with van der Waals surface area (Å²) in [6, 6.07) is 0. The molecule has 0 saturated carbocycles. The SMILES string of the molecule is CCCC(COC(=O)OCC)CC(=O)OCC. The molecular weight excluding hydrogens is 224 g/mol. The summed E-state index contributed by atoms with van der Waals surface area (Å²) in [5.74, 6) is -0.248. The molecule has 0 rings (SSSR count). The number of hydrogen-bond donors (Lipinski definition) is 0. The monoisotopic (exact) mass is 246 g/mol. The molecule has 0 aromatic rings. The predicted octanol–water partition coefficient (Wildman–Crippen LogP) is 2.53. The summed E-state index contributed by atoms with van der Waals surface area (Å²) < 4.78 is 14.4. The lowest BCUT2D eigenvalue weighted by molar-refractivity contribution is -0.144. The second kappa shape index (κ2) is 9.93. The summed E-state index contributed by atoms with van der Waals surface area (Å²) in [4.78, 5) is 22.3. The summed E-state index contributed by atoms with van der Waals surface area (Å²) in [5, 5.41) is 0. The maximum atomic E-state index is 11.3. The Kier molecular flexibility index (Phi) is 9.19. The Hall–Kier alpha value is -1.26. The van der Waals surface area contributed by atoms with Crippen molar-refractivity contribution in [1.29, 1.82) is 0 Å². The highest BCUT2D eigenvalue weighted by Gasteiger charge is 2.16. The standard InChI is InChI=1S/C12H22O5/c1-4-7-10(8-11(13)15-5-2)9-17-12(14)16-6-3/h10H,4-9H2,1-3H3. The van der Waals surface area contributed by atoms with E-state index in [4.69, 9.17) is 9.47 Å². The molecule has 0 fully saturated rings. The van der Waals surface area contributed by atoms with Crippen LogP contribution in [0.3, 0.4) is 0 Å². The molecule has 0 aliphatic rings. The average Bonchev–Trinajstić information content (AvgIpc) is 2.27. The highest BCUT2D eigenvalue weighted by Crippen LogP contribution is 2.13. The normalized spacial score (nSPS) is 11.7. The molecule has 0 aromatic carbocycles. The molecule has 0 aliphatic heterocycles. The summed E-state index contributed by atoms with van der Waals surface area (Å²) in [7, 11) is 0. The van der Waals surface area contributed by atoms with Crippen LogP contribution in [0.1, 0.15) is 40.0 Å². The van der Waals surface area contributed by atoms with Gasteiger partial charge in [0.05, 0.1) is 26.2 Å². The highest BCUT2D eigenvalue weighted by atomic mass is 16.7. The van der Waals surface area contributed by atoms with Gasteiger partial charge in [-0.25, -0.2) is 4.79 Å². The van der Waals surface area contributed by atoms with Gasteiger partial charge >= 0.3 is 12.1 Å². The molecule has 0 bridgehead atoms. The van der Waals surface area contributed by atoms with Crippen LogP contribution in [0.4, 0.5) is 4.79 Å². The largest absolute Gasteiger partial charge is 0.508 e. The van der Waals surface area contributed by atoms with Crippen LogP contribution < -0.4 is 0 Å². The molecule has 1 atom stereocenters. The van der Waals surface area contributed by atoms with Crippen molar-refractivity contribution in [1.82, 2.24) is 0 Å². The second-order valence-electron chi connectivity index (χ2n) is 3.66. The Morgan fingerprint density at radius 2 is 1.65 bits per heavy atom. The summed E-state index contributed by atoms with van der Waals surface area (Å²) in [5.41, 5.74) is 0. The molecule has 0 aliphatic carbocycles. The fraction of sp³-hybridized carbons (Fsp3) is 0.833. The number of esters is 1. The topological polar surface area (TPSA) is 61.8 Å². The Balaban J connectivity index is 3.96. The van der Waals surface area contributed by atoms with Crippen molar-refractivity contribution < 1.29 is 23.8 Å². The smallest absolute Gasteiger partial charge is 0.466 e. The van der Waals surface area contributed by atoms with Crippen LogP contribution in [0.15, 0.2) is 0 Å². The van der Waals surface area contributed by atoms with Gasteiger partial charge in [0.15, 0.2) is 0 Å². The third kappa shape index (κ3) is 8.54. The van der Waals surface area contributed by atoms with E-state index in [9.17, 15) is 9.59 Å². The number of rotatable bonds is 8. The molecule has 0 heterocycles. The van der Waals surface area contributed by atoms with E-state index in [2.05, 4.69) is 4.74 Å². The van der Waals surface area contributed by atoms with Gasteiger partial charge in [-0.2, -0.15) is 0 Å². The van der Waals surface area contributed by atoms with E-state index in [-0.39, 0.29) is 31.5 Å². The minimum absolute atomic E-state index is 0.00320. The fourth-order valence-electron chi connectivity index (χ4n) is 1.45. The first kappa shape index (κ1) is 15.7. The zero-order chi connectivity index (χ0) is 13.1. The van der Waals surface area contributed by atoms with Gasteiger partial charge in [-0.1, -0.05) is 13.3 Å². The molecule has 0 N–H and O–H groups in total. The lowest BCUT2D eigenvalue weighted by Crippen LogP contribution is -2.19. The van der Waals surface area contributed by atoms with E-state index in [1.165, 1.54) is 0 Å². The van der Waals surface area contributed by atoms with E-state index >= 15 is 0 Å². The molecule has 5 heteroatoms. The van der Waals surface area contributed by atoms with Crippen molar-refractivity contribution in [2.75, 3.05) is 19.8 Å². The molecule has 0 spiro atoms. The first-order chi connectivity index (χ1) is 8.13. The highest BCUT2D eigenvalue weighted by molar-refractivity contribution is 5.69. The molecule has 5 nitrogen and oxygen atoms in total. The van der Waals surface area contributed by atoms with E-state index in [1.54, 1.807) is 13.8 Å². The lowest BCUT2D eigenvalue weighted by Gasteiger charge is -2.15. The van der Waals surface area contributed by atoms with Gasteiger partial charge in [-0.05, 0) is 20.3 Å². The molecule has 1 unspecified atom stereocenters. The first-order valence-corrected chi connectivity index (χ1v) is 6.09. The molecule has 17 heavy (non-hydrogen) atoms. The van der Waals surface area contributed by atoms with Crippen LogP contribution in [-0.2, 0) is 19.0 Å². The molecule has 0 saturated heterocycles. The van der Waals surface area contributed by atoms with E-state index in [0.717, 1.165) is 12.8 Å². The zero-order valence-corrected chi connectivity index (χ0v) is 10.9. The van der Waals surface area contributed by atoms with E-state index < -0.39 is 6.16 Å². The van der Waals surface area contributed by atoms with Crippen LogP contribution in [0.5, 0.6) is 0 Å². The predicted molar refractivity (Wildman–Crippen MR) is 62.6 cm³/mol. The number of carbonyl (C=O) groups is 2.